The van der Waals surface area contributed by atoms with Crippen molar-refractivity contribution in [2.45, 2.75) is 36.7 Å². The summed E-state index contributed by atoms with van der Waals surface area (Å²) in [4.78, 5) is 12.6. The number of benzene rings is 3. The van der Waals surface area contributed by atoms with Crippen molar-refractivity contribution >= 4 is 31.9 Å². The maximum Gasteiger partial charge on any atom is 0.265 e. The van der Waals surface area contributed by atoms with E-state index in [1.807, 2.05) is 18.2 Å². The summed E-state index contributed by atoms with van der Waals surface area (Å²) in [6.07, 6.45) is 2.34. The topological polar surface area (TPSA) is 72.5 Å². The van der Waals surface area contributed by atoms with E-state index < -0.39 is 15.9 Å². The lowest BCUT2D eigenvalue weighted by Gasteiger charge is -2.36. The Labute approximate surface area is 190 Å². The SMILES string of the molecule is CC1(Cc2ccccc2)CCc2cc(C(=O)NS(=O)(=O)c3ccc(Br)cc3)ccc2O1. The van der Waals surface area contributed by atoms with Gasteiger partial charge in [0, 0.05) is 16.5 Å². The van der Waals surface area contributed by atoms with Gasteiger partial charge in [-0.3, -0.25) is 4.79 Å². The number of hydrogen-bond donors (Lipinski definition) is 1. The van der Waals surface area contributed by atoms with Gasteiger partial charge in [-0.05, 0) is 73.4 Å². The van der Waals surface area contributed by atoms with Crippen LogP contribution in [-0.2, 0) is 22.9 Å². The van der Waals surface area contributed by atoms with Gasteiger partial charge in [-0.2, -0.15) is 0 Å². The minimum atomic E-state index is -3.95. The number of ether oxygens (including phenoxy) is 1. The predicted octanol–water partition coefficient (Wildman–Crippen LogP) is 4.89. The number of amides is 1. The normalized spacial score (nSPS) is 18.0. The number of carbonyl (C=O) groups is 1. The number of sulfonamides is 1. The lowest BCUT2D eigenvalue weighted by Crippen LogP contribution is -2.38. The van der Waals surface area contributed by atoms with Crippen LogP contribution in [0.2, 0.25) is 0 Å². The summed E-state index contributed by atoms with van der Waals surface area (Å²) in [6, 6.07) is 21.4. The molecule has 0 aliphatic carbocycles. The van der Waals surface area contributed by atoms with E-state index in [0.717, 1.165) is 35.0 Å². The number of aryl methyl sites for hydroxylation is 1. The van der Waals surface area contributed by atoms with E-state index in [0.29, 0.717) is 0 Å². The van der Waals surface area contributed by atoms with E-state index in [-0.39, 0.29) is 16.1 Å². The quantitative estimate of drug-likeness (QED) is 0.542. The Morgan fingerprint density at radius 1 is 1.06 bits per heavy atom. The van der Waals surface area contributed by atoms with Gasteiger partial charge in [0.2, 0.25) is 0 Å². The van der Waals surface area contributed by atoms with Crippen LogP contribution in [0.1, 0.15) is 34.8 Å². The lowest BCUT2D eigenvalue weighted by molar-refractivity contribution is 0.0654. The van der Waals surface area contributed by atoms with Crippen LogP contribution in [0.15, 0.2) is 82.2 Å². The zero-order valence-electron chi connectivity index (χ0n) is 17.0. The van der Waals surface area contributed by atoms with E-state index in [1.165, 1.54) is 17.7 Å². The van der Waals surface area contributed by atoms with E-state index in [2.05, 4.69) is 39.7 Å². The number of nitrogens with one attached hydrogen (secondary N) is 1. The maximum absolute atomic E-state index is 12.6. The van der Waals surface area contributed by atoms with Gasteiger partial charge in [0.1, 0.15) is 11.4 Å². The van der Waals surface area contributed by atoms with Crippen molar-refractivity contribution in [2.24, 2.45) is 0 Å². The molecule has 0 aromatic heterocycles. The first-order chi connectivity index (χ1) is 14.7. The second-order valence-corrected chi connectivity index (χ2v) is 10.5. The largest absolute Gasteiger partial charge is 0.487 e. The molecule has 3 aromatic rings. The van der Waals surface area contributed by atoms with E-state index in [4.69, 9.17) is 4.74 Å². The zero-order chi connectivity index (χ0) is 22.1. The van der Waals surface area contributed by atoms with Crippen molar-refractivity contribution in [3.63, 3.8) is 0 Å². The monoisotopic (exact) mass is 499 g/mol. The molecule has 1 amide bonds. The third-order valence-corrected chi connectivity index (χ3v) is 7.25. The van der Waals surface area contributed by atoms with Gasteiger partial charge < -0.3 is 4.74 Å². The van der Waals surface area contributed by atoms with Crippen molar-refractivity contribution < 1.29 is 17.9 Å². The predicted molar refractivity (Wildman–Crippen MR) is 123 cm³/mol. The Morgan fingerprint density at radius 2 is 1.77 bits per heavy atom. The van der Waals surface area contributed by atoms with Crippen molar-refractivity contribution in [3.8, 4) is 5.75 Å². The molecule has 0 spiro atoms. The molecule has 1 aliphatic heterocycles. The molecule has 31 heavy (non-hydrogen) atoms. The van der Waals surface area contributed by atoms with Crippen LogP contribution >= 0.6 is 15.9 Å². The first-order valence-corrected chi connectivity index (χ1v) is 12.2. The summed E-state index contributed by atoms with van der Waals surface area (Å²) in [7, 11) is -3.95. The molecule has 5 nitrogen and oxygen atoms in total. The number of fused-ring (bicyclic) bond motifs is 1. The highest BCUT2D eigenvalue weighted by Gasteiger charge is 2.32. The maximum atomic E-state index is 12.6. The van der Waals surface area contributed by atoms with Crippen molar-refractivity contribution in [1.29, 1.82) is 0 Å². The van der Waals surface area contributed by atoms with Crippen LogP contribution in [0.5, 0.6) is 5.75 Å². The van der Waals surface area contributed by atoms with E-state index >= 15 is 0 Å². The second-order valence-electron chi connectivity index (χ2n) is 7.93. The Kier molecular flexibility index (Phi) is 5.90. The zero-order valence-corrected chi connectivity index (χ0v) is 19.4. The van der Waals surface area contributed by atoms with Gasteiger partial charge >= 0.3 is 0 Å². The molecular formula is C24H22BrNO4S. The van der Waals surface area contributed by atoms with Crippen molar-refractivity contribution in [2.75, 3.05) is 0 Å². The highest BCUT2D eigenvalue weighted by molar-refractivity contribution is 9.10. The fraction of sp³-hybridized carbons (Fsp3) is 0.208. The Balaban J connectivity index is 1.49. The molecule has 7 heteroatoms. The molecule has 4 rings (SSSR count). The van der Waals surface area contributed by atoms with Gasteiger partial charge in [-0.25, -0.2) is 13.1 Å². The first-order valence-electron chi connectivity index (χ1n) is 9.93. The standard InChI is InChI=1S/C24H22BrNO4S/c1-24(16-17-5-3-2-4-6-17)14-13-18-15-19(7-12-22(18)30-24)23(27)26-31(28,29)21-10-8-20(25)9-11-21/h2-12,15H,13-14,16H2,1H3,(H,26,27). The second kappa shape index (κ2) is 8.48. The smallest absolute Gasteiger partial charge is 0.265 e. The highest BCUT2D eigenvalue weighted by atomic mass is 79.9. The average Bonchev–Trinajstić information content (AvgIpc) is 2.74. The third-order valence-electron chi connectivity index (χ3n) is 5.37. The number of halogens is 1. The number of rotatable bonds is 5. The molecule has 3 aromatic carbocycles. The molecule has 1 N–H and O–H groups in total. The first kappa shape index (κ1) is 21.6. The Morgan fingerprint density at radius 3 is 2.48 bits per heavy atom. The third kappa shape index (κ3) is 4.99. The molecule has 0 bridgehead atoms. The lowest BCUT2D eigenvalue weighted by atomic mass is 9.87. The van der Waals surface area contributed by atoms with Crippen LogP contribution < -0.4 is 9.46 Å². The summed E-state index contributed by atoms with van der Waals surface area (Å²) in [5.74, 6) is 0.0698. The molecule has 0 fully saturated rings. The molecule has 1 unspecified atom stereocenters. The molecule has 1 aliphatic rings. The fourth-order valence-electron chi connectivity index (χ4n) is 3.74. The van der Waals surface area contributed by atoms with Gasteiger partial charge in [0.15, 0.2) is 0 Å². The van der Waals surface area contributed by atoms with Gasteiger partial charge in [-0.1, -0.05) is 46.3 Å². The van der Waals surface area contributed by atoms with Gasteiger partial charge in [0.05, 0.1) is 4.90 Å². The van der Waals surface area contributed by atoms with Gasteiger partial charge in [-0.15, -0.1) is 0 Å². The minimum Gasteiger partial charge on any atom is -0.487 e. The summed E-state index contributed by atoms with van der Waals surface area (Å²) in [6.45, 7) is 2.09. The molecular weight excluding hydrogens is 478 g/mol. The average molecular weight is 500 g/mol. The summed E-state index contributed by atoms with van der Waals surface area (Å²) < 4.78 is 34.2. The van der Waals surface area contributed by atoms with Crippen LogP contribution in [-0.4, -0.2) is 19.9 Å². The summed E-state index contributed by atoms with van der Waals surface area (Å²) in [5.41, 5.74) is 2.07. The van der Waals surface area contributed by atoms with Crippen LogP contribution in [0.25, 0.3) is 0 Å². The van der Waals surface area contributed by atoms with Crippen LogP contribution in [0.4, 0.5) is 0 Å². The van der Waals surface area contributed by atoms with Crippen molar-refractivity contribution in [3.05, 3.63) is 94.0 Å². The molecule has 0 radical (unpaired) electrons. The van der Waals surface area contributed by atoms with E-state index in [9.17, 15) is 13.2 Å². The summed E-state index contributed by atoms with van der Waals surface area (Å²) >= 11 is 3.27. The molecule has 1 heterocycles. The molecule has 0 saturated heterocycles. The van der Waals surface area contributed by atoms with Crippen LogP contribution in [0.3, 0.4) is 0 Å². The van der Waals surface area contributed by atoms with Gasteiger partial charge in [0.25, 0.3) is 15.9 Å². The van der Waals surface area contributed by atoms with E-state index in [1.54, 1.807) is 30.3 Å². The number of hydrogen-bond acceptors (Lipinski definition) is 4. The Hall–Kier alpha value is -2.64. The number of carbonyl (C=O) groups excluding carboxylic acids is 1. The fourth-order valence-corrected chi connectivity index (χ4v) is 4.98. The van der Waals surface area contributed by atoms with Crippen LogP contribution in [0, 0.1) is 0 Å². The highest BCUT2D eigenvalue weighted by Crippen LogP contribution is 2.35. The molecule has 0 saturated carbocycles. The Bertz CT molecular complexity index is 1210. The molecule has 160 valence electrons. The van der Waals surface area contributed by atoms with Crippen molar-refractivity contribution in [1.82, 2.24) is 4.72 Å². The minimum absolute atomic E-state index is 0.0296. The molecule has 1 atom stereocenters. The summed E-state index contributed by atoms with van der Waals surface area (Å²) in [5, 5.41) is 0.